The third-order valence-corrected chi connectivity index (χ3v) is 2.59. The smallest absolute Gasteiger partial charge is 0.273 e. The number of hydrogen-bond acceptors (Lipinski definition) is 6. The molecule has 0 atom stereocenters. The van der Waals surface area contributed by atoms with Gasteiger partial charge in [-0.15, -0.1) is 0 Å². The number of ether oxygens (including phenoxy) is 1. The van der Waals surface area contributed by atoms with Gasteiger partial charge in [0.15, 0.2) is 6.29 Å². The zero-order valence-corrected chi connectivity index (χ0v) is 10.5. The number of carbonyl (C=O) groups excluding carboxylic acids is 1. The van der Waals surface area contributed by atoms with Crippen molar-refractivity contribution in [2.24, 2.45) is 0 Å². The van der Waals surface area contributed by atoms with Gasteiger partial charge in [0.25, 0.3) is 11.4 Å². The Morgan fingerprint density at radius 2 is 1.62 bits per heavy atom. The number of aldehydes is 1. The molecule has 0 spiro atoms. The third kappa shape index (κ3) is 3.18. The minimum Gasteiger partial charge on any atom is -0.456 e. The van der Waals surface area contributed by atoms with Crippen molar-refractivity contribution in [3.63, 3.8) is 0 Å². The monoisotopic (exact) mass is 288 g/mol. The summed E-state index contributed by atoms with van der Waals surface area (Å²) in [5.41, 5.74) is -0.429. The van der Waals surface area contributed by atoms with Gasteiger partial charge in [-0.3, -0.25) is 25.0 Å². The fourth-order valence-corrected chi connectivity index (χ4v) is 1.62. The Bertz CT molecular complexity index is 728. The maximum Gasteiger partial charge on any atom is 0.273 e. The Balaban J connectivity index is 2.35. The first kappa shape index (κ1) is 14.1. The topological polar surface area (TPSA) is 113 Å². The fraction of sp³-hybridized carbons (Fsp3) is 0. The maximum atomic E-state index is 11.0. The fourth-order valence-electron chi connectivity index (χ4n) is 1.62. The van der Waals surface area contributed by atoms with E-state index in [0.29, 0.717) is 6.29 Å². The number of benzene rings is 2. The second kappa shape index (κ2) is 5.78. The van der Waals surface area contributed by atoms with Crippen LogP contribution in [0.15, 0.2) is 42.5 Å². The van der Waals surface area contributed by atoms with E-state index in [2.05, 4.69) is 0 Å². The predicted octanol–water partition coefficient (Wildman–Crippen LogP) is 3.11. The van der Waals surface area contributed by atoms with Crippen LogP contribution >= 0.6 is 0 Å². The quantitative estimate of drug-likeness (QED) is 0.474. The van der Waals surface area contributed by atoms with Crippen molar-refractivity contribution in [1.82, 2.24) is 0 Å². The van der Waals surface area contributed by atoms with Crippen LogP contribution in [0, 0.1) is 20.2 Å². The normalized spacial score (nSPS) is 9.90. The number of non-ortho nitro benzene ring substituents is 2. The highest BCUT2D eigenvalue weighted by molar-refractivity contribution is 5.80. The van der Waals surface area contributed by atoms with Crippen molar-refractivity contribution < 1.29 is 19.4 Å². The number of nitro groups is 2. The van der Waals surface area contributed by atoms with Crippen LogP contribution in [0.3, 0.4) is 0 Å². The van der Waals surface area contributed by atoms with Crippen LogP contribution in [0.2, 0.25) is 0 Å². The van der Waals surface area contributed by atoms with E-state index in [9.17, 15) is 25.0 Å². The van der Waals surface area contributed by atoms with Gasteiger partial charge in [0.2, 0.25) is 0 Å². The minimum atomic E-state index is -0.635. The van der Waals surface area contributed by atoms with E-state index in [1.807, 2.05) is 0 Å². The lowest BCUT2D eigenvalue weighted by Gasteiger charge is -2.07. The molecule has 0 unspecified atom stereocenters. The van der Waals surface area contributed by atoms with E-state index < -0.39 is 9.85 Å². The summed E-state index contributed by atoms with van der Waals surface area (Å²) < 4.78 is 5.37. The molecule has 21 heavy (non-hydrogen) atoms. The number of carbonyl (C=O) groups is 1. The Morgan fingerprint density at radius 1 is 0.952 bits per heavy atom. The van der Waals surface area contributed by atoms with Gasteiger partial charge in [-0.05, 0) is 12.1 Å². The summed E-state index contributed by atoms with van der Waals surface area (Å²) in [6.45, 7) is 0. The Kier molecular flexibility index (Phi) is 3.89. The Hall–Kier alpha value is -3.29. The summed E-state index contributed by atoms with van der Waals surface area (Å²) in [6, 6.07) is 8.90. The molecule has 0 aliphatic carbocycles. The van der Waals surface area contributed by atoms with Crippen molar-refractivity contribution in [3.05, 3.63) is 68.3 Å². The second-order valence-electron chi connectivity index (χ2n) is 3.95. The molecule has 0 saturated carbocycles. The zero-order valence-electron chi connectivity index (χ0n) is 10.5. The molecule has 0 heterocycles. The first-order chi connectivity index (χ1) is 10.0. The molecule has 8 nitrogen and oxygen atoms in total. The van der Waals surface area contributed by atoms with Gasteiger partial charge >= 0.3 is 0 Å². The number of nitrogens with zero attached hydrogens (tertiary/aromatic N) is 2. The van der Waals surface area contributed by atoms with E-state index in [-0.39, 0.29) is 28.4 Å². The average Bonchev–Trinajstić information content (AvgIpc) is 2.47. The highest BCUT2D eigenvalue weighted by Crippen LogP contribution is 2.29. The zero-order chi connectivity index (χ0) is 15.4. The molecular weight excluding hydrogens is 280 g/mol. The first-order valence-electron chi connectivity index (χ1n) is 5.67. The molecule has 0 saturated heterocycles. The number of rotatable bonds is 5. The molecule has 0 amide bonds. The molecular formula is C13H8N2O6. The highest BCUT2D eigenvalue weighted by Gasteiger charge is 2.13. The number of nitro benzene ring substituents is 2. The van der Waals surface area contributed by atoms with Crippen LogP contribution in [0.1, 0.15) is 10.4 Å². The van der Waals surface area contributed by atoms with Gasteiger partial charge in [-0.25, -0.2) is 0 Å². The van der Waals surface area contributed by atoms with E-state index in [4.69, 9.17) is 4.74 Å². The van der Waals surface area contributed by atoms with Crippen molar-refractivity contribution in [2.75, 3.05) is 0 Å². The molecule has 0 N–H and O–H groups in total. The van der Waals surface area contributed by atoms with Crippen molar-refractivity contribution in [1.29, 1.82) is 0 Å². The molecule has 2 aromatic carbocycles. The molecule has 0 bridgehead atoms. The summed E-state index contributed by atoms with van der Waals surface area (Å²) in [7, 11) is 0. The third-order valence-electron chi connectivity index (χ3n) is 2.59. The van der Waals surface area contributed by atoms with Gasteiger partial charge in [0.05, 0.1) is 21.5 Å². The molecule has 2 rings (SSSR count). The largest absolute Gasteiger partial charge is 0.456 e. The van der Waals surface area contributed by atoms with E-state index in [1.165, 1.54) is 36.4 Å². The summed E-state index contributed by atoms with van der Waals surface area (Å²) in [5.74, 6) is 0.234. The van der Waals surface area contributed by atoms with E-state index in [0.717, 1.165) is 6.07 Å². The Labute approximate surface area is 117 Å². The van der Waals surface area contributed by atoms with Crippen molar-refractivity contribution in [2.45, 2.75) is 0 Å². The standard InChI is InChI=1S/C13H8N2O6/c16-8-9-6-11(15(19)20)4-5-13(9)21-12-3-1-2-10(7-12)14(17)18/h1-8H. The molecule has 8 heteroatoms. The average molecular weight is 288 g/mol. The molecule has 0 fully saturated rings. The minimum absolute atomic E-state index is 0.0179. The van der Waals surface area contributed by atoms with E-state index in [1.54, 1.807) is 0 Å². The van der Waals surface area contributed by atoms with Crippen molar-refractivity contribution >= 4 is 17.7 Å². The lowest BCUT2D eigenvalue weighted by atomic mass is 10.2. The van der Waals surface area contributed by atoms with E-state index >= 15 is 0 Å². The van der Waals surface area contributed by atoms with Gasteiger partial charge in [0, 0.05) is 18.2 Å². The Morgan fingerprint density at radius 3 is 2.24 bits per heavy atom. The molecule has 0 radical (unpaired) electrons. The molecule has 0 aliphatic rings. The van der Waals surface area contributed by atoms with Gasteiger partial charge in [-0.2, -0.15) is 0 Å². The van der Waals surface area contributed by atoms with Crippen LogP contribution in [0.4, 0.5) is 11.4 Å². The van der Waals surface area contributed by atoms with Crippen LogP contribution in [-0.2, 0) is 0 Å². The van der Waals surface area contributed by atoms with Crippen LogP contribution < -0.4 is 4.74 Å². The van der Waals surface area contributed by atoms with Crippen LogP contribution in [-0.4, -0.2) is 16.1 Å². The van der Waals surface area contributed by atoms with Crippen molar-refractivity contribution in [3.8, 4) is 11.5 Å². The molecule has 2 aromatic rings. The summed E-state index contributed by atoms with van der Waals surface area (Å²) >= 11 is 0. The lowest BCUT2D eigenvalue weighted by molar-refractivity contribution is -0.385. The summed E-state index contributed by atoms with van der Waals surface area (Å²) in [4.78, 5) is 31.0. The highest BCUT2D eigenvalue weighted by atomic mass is 16.6. The maximum absolute atomic E-state index is 11.0. The van der Waals surface area contributed by atoms with Gasteiger partial charge in [-0.1, -0.05) is 6.07 Å². The second-order valence-corrected chi connectivity index (χ2v) is 3.95. The SMILES string of the molecule is O=Cc1cc([N+](=O)[O-])ccc1Oc1cccc([N+](=O)[O-])c1. The first-order valence-corrected chi connectivity index (χ1v) is 5.67. The van der Waals surface area contributed by atoms with Gasteiger partial charge < -0.3 is 4.74 Å². The number of hydrogen-bond donors (Lipinski definition) is 0. The van der Waals surface area contributed by atoms with Gasteiger partial charge in [0.1, 0.15) is 11.5 Å². The van der Waals surface area contributed by atoms with Crippen LogP contribution in [0.25, 0.3) is 0 Å². The lowest BCUT2D eigenvalue weighted by Crippen LogP contribution is -1.95. The molecule has 0 aromatic heterocycles. The predicted molar refractivity (Wildman–Crippen MR) is 71.7 cm³/mol. The van der Waals surface area contributed by atoms with Crippen LogP contribution in [0.5, 0.6) is 11.5 Å². The summed E-state index contributed by atoms with van der Waals surface area (Å²) in [6.07, 6.45) is 0.416. The molecule has 0 aliphatic heterocycles. The molecule has 106 valence electrons. The summed E-state index contributed by atoms with van der Waals surface area (Å²) in [5, 5.41) is 21.3.